The summed E-state index contributed by atoms with van der Waals surface area (Å²) in [6, 6.07) is -0.0209. The van der Waals surface area contributed by atoms with E-state index in [-0.39, 0.29) is 17.3 Å². The first-order valence-corrected chi connectivity index (χ1v) is 10.2. The number of amides is 1. The van der Waals surface area contributed by atoms with Crippen molar-refractivity contribution >= 4 is 33.9 Å². The lowest BCUT2D eigenvalue weighted by Gasteiger charge is -2.18. The number of hydrogen-bond donors (Lipinski definition) is 1. The molecule has 9 heteroatoms. The third kappa shape index (κ3) is 3.76. The molecule has 1 N–H and O–H groups in total. The molecule has 3 rings (SSSR count). The van der Waals surface area contributed by atoms with Crippen molar-refractivity contribution in [3.8, 4) is 0 Å². The molecule has 0 aromatic carbocycles. The van der Waals surface area contributed by atoms with Gasteiger partial charge in [-0.15, -0.1) is 11.3 Å². The highest BCUT2D eigenvalue weighted by atomic mass is 32.1. The molecule has 152 valence electrons. The molecule has 0 spiro atoms. The number of hydrazone groups is 1. The van der Waals surface area contributed by atoms with Gasteiger partial charge in [0.25, 0.3) is 5.56 Å². The number of carbonyl (C=O) groups is 1. The van der Waals surface area contributed by atoms with Gasteiger partial charge in [0, 0.05) is 12.6 Å². The highest BCUT2D eigenvalue weighted by Gasteiger charge is 2.38. The molecule has 2 atom stereocenters. The van der Waals surface area contributed by atoms with Gasteiger partial charge in [-0.3, -0.25) is 13.9 Å². The number of aromatic nitrogens is 2. The summed E-state index contributed by atoms with van der Waals surface area (Å²) in [5, 5.41) is 4.48. The third-order valence-electron chi connectivity index (χ3n) is 4.73. The molecular formula is C19H26N4O4S. The predicted molar refractivity (Wildman–Crippen MR) is 111 cm³/mol. The maximum absolute atomic E-state index is 13.0. The average Bonchev–Trinajstić information content (AvgIpc) is 3.18. The quantitative estimate of drug-likeness (QED) is 0.624. The van der Waals surface area contributed by atoms with Gasteiger partial charge in [-0.05, 0) is 52.5 Å². The van der Waals surface area contributed by atoms with Crippen LogP contribution in [0.25, 0.3) is 10.2 Å². The van der Waals surface area contributed by atoms with Crippen LogP contribution in [0.5, 0.6) is 0 Å². The monoisotopic (exact) mass is 406 g/mol. The minimum Gasteiger partial charge on any atom is -0.443 e. The molecule has 2 heterocycles. The Morgan fingerprint density at radius 2 is 2.04 bits per heavy atom. The molecule has 8 nitrogen and oxygen atoms in total. The lowest BCUT2D eigenvalue weighted by molar-refractivity contribution is 0.0529. The van der Waals surface area contributed by atoms with Gasteiger partial charge in [0.2, 0.25) is 0 Å². The summed E-state index contributed by atoms with van der Waals surface area (Å²) >= 11 is 1.32. The summed E-state index contributed by atoms with van der Waals surface area (Å²) in [7, 11) is 0. The molecule has 1 saturated carbocycles. The second kappa shape index (κ2) is 7.20. The van der Waals surface area contributed by atoms with E-state index in [0.717, 1.165) is 12.0 Å². The van der Waals surface area contributed by atoms with Crippen molar-refractivity contribution in [3.05, 3.63) is 31.3 Å². The van der Waals surface area contributed by atoms with E-state index >= 15 is 0 Å². The fourth-order valence-electron chi connectivity index (χ4n) is 3.18. The van der Waals surface area contributed by atoms with Crippen molar-refractivity contribution in [1.82, 2.24) is 14.6 Å². The Balaban J connectivity index is 2.00. The number of thiophene rings is 1. The zero-order chi connectivity index (χ0) is 20.8. The first kappa shape index (κ1) is 20.3. The van der Waals surface area contributed by atoms with Crippen LogP contribution in [0, 0.1) is 12.8 Å². The first-order chi connectivity index (χ1) is 13.0. The van der Waals surface area contributed by atoms with E-state index in [2.05, 4.69) is 10.5 Å². The number of hydrogen-bond acceptors (Lipinski definition) is 6. The average molecular weight is 407 g/mol. The van der Waals surface area contributed by atoms with E-state index in [1.54, 1.807) is 25.3 Å². The molecular weight excluding hydrogens is 380 g/mol. The van der Waals surface area contributed by atoms with E-state index in [1.165, 1.54) is 22.1 Å². The topological polar surface area (TPSA) is 94.7 Å². The Kier molecular flexibility index (Phi) is 5.22. The van der Waals surface area contributed by atoms with Crippen LogP contribution in [-0.2, 0) is 11.3 Å². The lowest BCUT2D eigenvalue weighted by atomic mass is 10.2. The third-order valence-corrected chi connectivity index (χ3v) is 5.98. The summed E-state index contributed by atoms with van der Waals surface area (Å²) < 4.78 is 8.17. The first-order valence-electron chi connectivity index (χ1n) is 9.35. The summed E-state index contributed by atoms with van der Waals surface area (Å²) in [6.45, 7) is 11.5. The molecule has 0 unspecified atom stereocenters. The van der Waals surface area contributed by atoms with Crippen molar-refractivity contribution < 1.29 is 9.53 Å². The van der Waals surface area contributed by atoms with Crippen molar-refractivity contribution in [2.24, 2.45) is 11.0 Å². The van der Waals surface area contributed by atoms with E-state index in [4.69, 9.17) is 4.74 Å². The molecule has 0 radical (unpaired) electrons. The fraction of sp³-hybridized carbons (Fsp3) is 0.579. The van der Waals surface area contributed by atoms with Gasteiger partial charge in [0.05, 0.1) is 16.5 Å². The zero-order valence-corrected chi connectivity index (χ0v) is 17.8. The Bertz CT molecular complexity index is 1070. The Labute approximate surface area is 166 Å². The van der Waals surface area contributed by atoms with Crippen LogP contribution in [0.2, 0.25) is 0 Å². The number of aryl methyl sites for hydroxylation is 2. The Hall–Kier alpha value is -2.42. The molecule has 1 fully saturated rings. The zero-order valence-electron chi connectivity index (χ0n) is 17.0. The second-order valence-electron chi connectivity index (χ2n) is 8.13. The molecule has 2 aromatic rings. The normalized spacial score (nSPS) is 19.4. The summed E-state index contributed by atoms with van der Waals surface area (Å²) in [4.78, 5) is 39.0. The Morgan fingerprint density at radius 1 is 1.39 bits per heavy atom. The number of carbonyl (C=O) groups excluding carboxylic acids is 1. The van der Waals surface area contributed by atoms with Gasteiger partial charge in [0.1, 0.15) is 10.4 Å². The number of nitrogens with zero attached hydrogens (tertiary/aromatic N) is 3. The van der Waals surface area contributed by atoms with Gasteiger partial charge in [-0.1, -0.05) is 6.92 Å². The SMILES string of the molecule is CCn1c(=O)n([C@H]2C[C@@H]2C)c(=O)c2c(C)c(/C=N/NC(=O)OC(C)(C)C)sc21. The van der Waals surface area contributed by atoms with Gasteiger partial charge in [0.15, 0.2) is 0 Å². The van der Waals surface area contributed by atoms with Crippen LogP contribution in [0.4, 0.5) is 4.79 Å². The molecule has 2 aromatic heterocycles. The maximum atomic E-state index is 13.0. The molecule has 0 aliphatic heterocycles. The second-order valence-corrected chi connectivity index (χ2v) is 9.16. The van der Waals surface area contributed by atoms with E-state index in [9.17, 15) is 14.4 Å². The van der Waals surface area contributed by atoms with Crippen LogP contribution in [-0.4, -0.2) is 27.0 Å². The van der Waals surface area contributed by atoms with Crippen molar-refractivity contribution in [2.45, 2.75) is 66.2 Å². The van der Waals surface area contributed by atoms with Crippen LogP contribution < -0.4 is 16.7 Å². The lowest BCUT2D eigenvalue weighted by Crippen LogP contribution is -2.39. The standard InChI is InChI=1S/C19H26N4O4S/c1-7-22-16-14(15(24)23(18(22)26)12-8-10(12)2)11(3)13(28-16)9-20-21-17(25)27-19(4,5)6/h9-10,12H,7-8H2,1-6H3,(H,21,25)/b20-9+/t10-,12-/m0/s1. The minimum atomic E-state index is -0.655. The van der Waals surface area contributed by atoms with Crippen molar-refractivity contribution in [2.75, 3.05) is 0 Å². The summed E-state index contributed by atoms with van der Waals surface area (Å²) in [5.74, 6) is 0.339. The van der Waals surface area contributed by atoms with Crippen LogP contribution in [0.3, 0.4) is 0 Å². The fourth-order valence-corrected chi connectivity index (χ4v) is 4.41. The smallest absolute Gasteiger partial charge is 0.428 e. The Morgan fingerprint density at radius 3 is 2.57 bits per heavy atom. The van der Waals surface area contributed by atoms with E-state index in [1.807, 2.05) is 20.8 Å². The number of ether oxygens (including phenoxy) is 1. The van der Waals surface area contributed by atoms with Crippen LogP contribution >= 0.6 is 11.3 Å². The summed E-state index contributed by atoms with van der Waals surface area (Å²) in [6.07, 6.45) is 1.68. The van der Waals surface area contributed by atoms with Crippen LogP contribution in [0.1, 0.15) is 57.5 Å². The van der Waals surface area contributed by atoms with E-state index < -0.39 is 11.7 Å². The predicted octanol–water partition coefficient (Wildman–Crippen LogP) is 2.99. The molecule has 0 bridgehead atoms. The van der Waals surface area contributed by atoms with Crippen molar-refractivity contribution in [1.29, 1.82) is 0 Å². The number of rotatable bonds is 4. The molecule has 1 aliphatic rings. The molecule has 1 aliphatic carbocycles. The molecule has 28 heavy (non-hydrogen) atoms. The number of nitrogens with one attached hydrogen (secondary N) is 1. The van der Waals surface area contributed by atoms with Gasteiger partial charge >= 0.3 is 11.8 Å². The highest BCUT2D eigenvalue weighted by Crippen LogP contribution is 2.41. The maximum Gasteiger partial charge on any atom is 0.428 e. The van der Waals surface area contributed by atoms with Gasteiger partial charge < -0.3 is 4.74 Å². The number of fused-ring (bicyclic) bond motifs is 1. The highest BCUT2D eigenvalue weighted by molar-refractivity contribution is 7.20. The van der Waals surface area contributed by atoms with Crippen molar-refractivity contribution in [3.63, 3.8) is 0 Å². The van der Waals surface area contributed by atoms with Gasteiger partial charge in [-0.25, -0.2) is 15.0 Å². The largest absolute Gasteiger partial charge is 0.443 e. The molecule has 0 saturated heterocycles. The summed E-state index contributed by atoms with van der Waals surface area (Å²) in [5.41, 5.74) is 1.96. The van der Waals surface area contributed by atoms with Crippen LogP contribution in [0.15, 0.2) is 14.7 Å². The van der Waals surface area contributed by atoms with Gasteiger partial charge in [-0.2, -0.15) is 5.10 Å². The minimum absolute atomic E-state index is 0.0209. The molecule has 1 amide bonds. The van der Waals surface area contributed by atoms with E-state index in [0.29, 0.717) is 27.6 Å².